The maximum Gasteiger partial charge on any atom is 0.339 e. The molecule has 0 radical (unpaired) electrons. The third-order valence-electron chi connectivity index (χ3n) is 2.94. The number of benzene rings is 2. The lowest BCUT2D eigenvalue weighted by Crippen LogP contribution is -2.22. The van der Waals surface area contributed by atoms with Gasteiger partial charge in [-0.05, 0) is 43.3 Å². The molecule has 2 aromatic carbocycles. The van der Waals surface area contributed by atoms with Crippen LogP contribution in [0.4, 0.5) is 11.4 Å². The fourth-order valence-electron chi connectivity index (χ4n) is 1.84. The molecule has 0 aliphatic rings. The largest absolute Gasteiger partial charge is 0.507 e. The first-order valence-corrected chi connectivity index (χ1v) is 6.87. The topological polar surface area (TPSA) is 111 Å². The quantitative estimate of drug-likeness (QED) is 0.735. The molecule has 118 valence electrons. The summed E-state index contributed by atoms with van der Waals surface area (Å²) in [6.07, 6.45) is 0. The predicted octanol–water partition coefficient (Wildman–Crippen LogP) is 3.26. The first-order valence-electron chi connectivity index (χ1n) is 6.87. The number of hydrogen-bond acceptors (Lipinski definition) is 5. The van der Waals surface area contributed by atoms with Crippen molar-refractivity contribution in [2.24, 2.45) is 10.2 Å². The number of carbonyl (C=O) groups is 2. The Labute approximate surface area is 132 Å². The number of carboxylic acids is 1. The number of rotatable bonds is 5. The Bertz CT molecular complexity index is 772. The van der Waals surface area contributed by atoms with E-state index in [1.807, 2.05) is 6.92 Å². The molecule has 0 bridgehead atoms. The summed E-state index contributed by atoms with van der Waals surface area (Å²) >= 11 is 0. The Balaban J connectivity index is 2.24. The van der Waals surface area contributed by atoms with Crippen LogP contribution < -0.4 is 5.32 Å². The number of nitrogens with one attached hydrogen (secondary N) is 1. The van der Waals surface area contributed by atoms with Crippen molar-refractivity contribution in [2.75, 3.05) is 6.54 Å². The molecular formula is C16H15N3O4. The van der Waals surface area contributed by atoms with Gasteiger partial charge in [-0.15, -0.1) is 0 Å². The molecule has 2 rings (SSSR count). The van der Waals surface area contributed by atoms with E-state index in [0.717, 1.165) is 0 Å². The maximum absolute atomic E-state index is 11.8. The average Bonchev–Trinajstić information content (AvgIpc) is 2.54. The van der Waals surface area contributed by atoms with Crippen LogP contribution in [-0.2, 0) is 0 Å². The van der Waals surface area contributed by atoms with Gasteiger partial charge in [-0.25, -0.2) is 4.79 Å². The Hall–Kier alpha value is -3.22. The van der Waals surface area contributed by atoms with Crippen molar-refractivity contribution in [3.63, 3.8) is 0 Å². The molecule has 0 aliphatic heterocycles. The van der Waals surface area contributed by atoms with E-state index in [1.165, 1.54) is 18.2 Å². The fourth-order valence-corrected chi connectivity index (χ4v) is 1.84. The van der Waals surface area contributed by atoms with Gasteiger partial charge in [0.1, 0.15) is 11.3 Å². The van der Waals surface area contributed by atoms with Gasteiger partial charge in [0.05, 0.1) is 11.4 Å². The molecule has 1 amide bonds. The molecule has 0 aromatic heterocycles. The van der Waals surface area contributed by atoms with Gasteiger partial charge in [-0.3, -0.25) is 4.79 Å². The summed E-state index contributed by atoms with van der Waals surface area (Å²) in [4.78, 5) is 22.7. The molecule has 0 unspecified atom stereocenters. The van der Waals surface area contributed by atoms with Crippen LogP contribution in [-0.4, -0.2) is 28.6 Å². The average molecular weight is 313 g/mol. The zero-order valence-electron chi connectivity index (χ0n) is 12.4. The van der Waals surface area contributed by atoms with Crippen molar-refractivity contribution in [3.8, 4) is 5.75 Å². The minimum atomic E-state index is -1.25. The highest BCUT2D eigenvalue weighted by Crippen LogP contribution is 2.25. The van der Waals surface area contributed by atoms with Crippen molar-refractivity contribution < 1.29 is 19.8 Å². The number of carboxylic acid groups (broad SMARTS) is 1. The van der Waals surface area contributed by atoms with Gasteiger partial charge in [0.2, 0.25) is 0 Å². The highest BCUT2D eigenvalue weighted by molar-refractivity contribution is 5.95. The van der Waals surface area contributed by atoms with E-state index < -0.39 is 5.97 Å². The lowest BCUT2D eigenvalue weighted by atomic mass is 10.2. The van der Waals surface area contributed by atoms with E-state index in [4.69, 9.17) is 5.11 Å². The minimum Gasteiger partial charge on any atom is -0.507 e. The number of aromatic carboxylic acids is 1. The molecule has 23 heavy (non-hydrogen) atoms. The monoisotopic (exact) mass is 313 g/mol. The summed E-state index contributed by atoms with van der Waals surface area (Å²) in [6, 6.07) is 10.5. The van der Waals surface area contributed by atoms with Crippen LogP contribution in [0.5, 0.6) is 5.75 Å². The van der Waals surface area contributed by atoms with E-state index in [0.29, 0.717) is 17.8 Å². The molecule has 0 heterocycles. The maximum atomic E-state index is 11.8. The normalized spacial score (nSPS) is 10.7. The second-order valence-electron chi connectivity index (χ2n) is 4.62. The van der Waals surface area contributed by atoms with Crippen LogP contribution in [0.1, 0.15) is 27.6 Å². The third kappa shape index (κ3) is 4.13. The van der Waals surface area contributed by atoms with Gasteiger partial charge in [0.15, 0.2) is 0 Å². The molecule has 0 saturated heterocycles. The number of phenols is 1. The number of aromatic hydroxyl groups is 1. The summed E-state index contributed by atoms with van der Waals surface area (Å²) < 4.78 is 0. The van der Waals surface area contributed by atoms with Crippen LogP contribution >= 0.6 is 0 Å². The van der Waals surface area contributed by atoms with Crippen LogP contribution in [0.2, 0.25) is 0 Å². The predicted molar refractivity (Wildman–Crippen MR) is 83.7 cm³/mol. The van der Waals surface area contributed by atoms with Crippen molar-refractivity contribution in [2.45, 2.75) is 6.92 Å². The van der Waals surface area contributed by atoms with Crippen LogP contribution in [0.15, 0.2) is 52.7 Å². The van der Waals surface area contributed by atoms with E-state index in [1.54, 1.807) is 24.3 Å². The van der Waals surface area contributed by atoms with Gasteiger partial charge in [0, 0.05) is 12.1 Å². The number of azo groups is 1. The number of nitrogens with zero attached hydrogens (tertiary/aromatic N) is 2. The molecule has 7 heteroatoms. The SMILES string of the molecule is CCNC(=O)c1cccc(N=Nc2ccc(O)c(C(=O)O)c2)c1. The molecule has 0 saturated carbocycles. The lowest BCUT2D eigenvalue weighted by Gasteiger charge is -2.02. The molecular weight excluding hydrogens is 298 g/mol. The van der Waals surface area contributed by atoms with Crippen molar-refractivity contribution in [1.82, 2.24) is 5.32 Å². The molecule has 0 atom stereocenters. The van der Waals surface area contributed by atoms with Crippen molar-refractivity contribution in [1.29, 1.82) is 0 Å². The molecule has 0 spiro atoms. The Morgan fingerprint density at radius 2 is 1.78 bits per heavy atom. The summed E-state index contributed by atoms with van der Waals surface area (Å²) in [5.74, 6) is -1.80. The smallest absolute Gasteiger partial charge is 0.339 e. The Morgan fingerprint density at radius 1 is 1.09 bits per heavy atom. The van der Waals surface area contributed by atoms with Crippen molar-refractivity contribution in [3.05, 3.63) is 53.6 Å². The molecule has 0 aliphatic carbocycles. The standard InChI is InChI=1S/C16H15N3O4/c1-2-17-15(21)10-4-3-5-11(8-10)18-19-12-6-7-14(20)13(9-12)16(22)23/h3-9,20H,2H2,1H3,(H,17,21)(H,22,23). The molecule has 0 fully saturated rings. The van der Waals surface area contributed by atoms with E-state index >= 15 is 0 Å². The zero-order valence-corrected chi connectivity index (χ0v) is 12.4. The van der Waals surface area contributed by atoms with Gasteiger partial charge < -0.3 is 15.5 Å². The van der Waals surface area contributed by atoms with E-state index in [9.17, 15) is 14.7 Å². The van der Waals surface area contributed by atoms with Gasteiger partial charge in [0.25, 0.3) is 5.91 Å². The number of carbonyl (C=O) groups excluding carboxylic acids is 1. The van der Waals surface area contributed by atoms with Crippen LogP contribution in [0, 0.1) is 0 Å². The van der Waals surface area contributed by atoms with E-state index in [2.05, 4.69) is 15.5 Å². The third-order valence-corrected chi connectivity index (χ3v) is 2.94. The highest BCUT2D eigenvalue weighted by Gasteiger charge is 2.10. The van der Waals surface area contributed by atoms with Gasteiger partial charge in [-0.2, -0.15) is 10.2 Å². The lowest BCUT2D eigenvalue weighted by molar-refractivity contribution is 0.0693. The summed E-state index contributed by atoms with van der Waals surface area (Å²) in [7, 11) is 0. The molecule has 2 aromatic rings. The summed E-state index contributed by atoms with van der Waals surface area (Å²) in [5.41, 5.74) is 0.945. The van der Waals surface area contributed by atoms with Crippen LogP contribution in [0.25, 0.3) is 0 Å². The second-order valence-corrected chi connectivity index (χ2v) is 4.62. The number of amides is 1. The fraction of sp³-hybridized carbons (Fsp3) is 0.125. The molecule has 3 N–H and O–H groups in total. The Morgan fingerprint density at radius 3 is 2.43 bits per heavy atom. The van der Waals surface area contributed by atoms with Gasteiger partial charge >= 0.3 is 5.97 Å². The minimum absolute atomic E-state index is 0.206. The first-order chi connectivity index (χ1) is 11.0. The van der Waals surface area contributed by atoms with Crippen LogP contribution in [0.3, 0.4) is 0 Å². The van der Waals surface area contributed by atoms with Crippen molar-refractivity contribution >= 4 is 23.3 Å². The summed E-state index contributed by atoms with van der Waals surface area (Å²) in [5, 5.41) is 29.0. The van der Waals surface area contributed by atoms with E-state index in [-0.39, 0.29) is 22.9 Å². The van der Waals surface area contributed by atoms with Gasteiger partial charge in [-0.1, -0.05) is 6.07 Å². The summed E-state index contributed by atoms with van der Waals surface area (Å²) in [6.45, 7) is 2.35. The molecule has 7 nitrogen and oxygen atoms in total. The first kappa shape index (κ1) is 16.2. The Kier molecular flexibility index (Phi) is 5.03. The highest BCUT2D eigenvalue weighted by atomic mass is 16.4. The number of hydrogen-bond donors (Lipinski definition) is 3. The second kappa shape index (κ2) is 7.17. The zero-order chi connectivity index (χ0) is 16.8.